The fourth-order valence-electron chi connectivity index (χ4n) is 3.65. The summed E-state index contributed by atoms with van der Waals surface area (Å²) in [7, 11) is 3.26. The summed E-state index contributed by atoms with van der Waals surface area (Å²) in [4.78, 5) is 14.4. The number of ether oxygens (including phenoxy) is 3. The highest BCUT2D eigenvalue weighted by atomic mass is 16.5. The summed E-state index contributed by atoms with van der Waals surface area (Å²) in [6.07, 6.45) is 1.15. The zero-order valence-corrected chi connectivity index (χ0v) is 16.2. The molecule has 0 N–H and O–H groups in total. The Morgan fingerprint density at radius 3 is 2.44 bits per heavy atom. The molecule has 1 fully saturated rings. The van der Waals surface area contributed by atoms with Gasteiger partial charge in [0.05, 0.1) is 14.2 Å². The van der Waals surface area contributed by atoms with Gasteiger partial charge < -0.3 is 19.1 Å². The topological polar surface area (TPSA) is 48.0 Å². The van der Waals surface area contributed by atoms with E-state index in [1.807, 2.05) is 48.2 Å². The molecule has 5 heteroatoms. The molecule has 2 aromatic carbocycles. The van der Waals surface area contributed by atoms with Gasteiger partial charge in [0.1, 0.15) is 6.23 Å². The number of carbonyl (C=O) groups is 1. The zero-order valence-electron chi connectivity index (χ0n) is 16.2. The van der Waals surface area contributed by atoms with Crippen molar-refractivity contribution < 1.29 is 19.0 Å². The van der Waals surface area contributed by atoms with Crippen LogP contribution in [-0.2, 0) is 9.53 Å². The predicted octanol–water partition coefficient (Wildman–Crippen LogP) is 3.82. The highest BCUT2D eigenvalue weighted by Gasteiger charge is 2.33. The van der Waals surface area contributed by atoms with Crippen LogP contribution in [0.1, 0.15) is 36.8 Å². The van der Waals surface area contributed by atoms with Gasteiger partial charge in [0.15, 0.2) is 11.5 Å². The summed E-state index contributed by atoms with van der Waals surface area (Å²) < 4.78 is 16.7. The van der Waals surface area contributed by atoms with Crippen LogP contribution in [0, 0.1) is 0 Å². The maximum Gasteiger partial charge on any atom is 0.224 e. The van der Waals surface area contributed by atoms with Crippen LogP contribution in [0.3, 0.4) is 0 Å². The quantitative estimate of drug-likeness (QED) is 0.710. The largest absolute Gasteiger partial charge is 0.493 e. The Kier molecular flexibility index (Phi) is 6.35. The first-order valence-corrected chi connectivity index (χ1v) is 9.35. The Bertz CT molecular complexity index is 762. The fraction of sp³-hybridized carbons (Fsp3) is 0.409. The van der Waals surface area contributed by atoms with Crippen LogP contribution in [-0.4, -0.2) is 44.4 Å². The lowest BCUT2D eigenvalue weighted by molar-refractivity contribution is -0.136. The third kappa shape index (κ3) is 4.25. The van der Waals surface area contributed by atoms with Gasteiger partial charge >= 0.3 is 0 Å². The summed E-state index contributed by atoms with van der Waals surface area (Å²) in [6, 6.07) is 16.2. The summed E-state index contributed by atoms with van der Waals surface area (Å²) in [6.45, 7) is 3.13. The minimum absolute atomic E-state index is 0.0241. The SMILES string of the molecule is CCOC1CCC(=O)N1CC(c1ccccc1)c1ccc(OC)c(OC)c1. The molecule has 0 aliphatic carbocycles. The van der Waals surface area contributed by atoms with Crippen molar-refractivity contribution in [1.82, 2.24) is 4.90 Å². The lowest BCUT2D eigenvalue weighted by Crippen LogP contribution is -2.38. The number of hydrogen-bond donors (Lipinski definition) is 0. The third-order valence-corrected chi connectivity index (χ3v) is 5.02. The second-order valence-electron chi connectivity index (χ2n) is 6.57. The highest BCUT2D eigenvalue weighted by Crippen LogP contribution is 2.35. The molecule has 2 aromatic rings. The average Bonchev–Trinajstić information content (AvgIpc) is 3.06. The maximum absolute atomic E-state index is 12.5. The van der Waals surface area contributed by atoms with Gasteiger partial charge in [0.2, 0.25) is 5.91 Å². The van der Waals surface area contributed by atoms with E-state index in [0.29, 0.717) is 31.1 Å². The first kappa shape index (κ1) is 19.2. The Morgan fingerprint density at radius 2 is 1.78 bits per heavy atom. The second-order valence-corrected chi connectivity index (χ2v) is 6.57. The number of hydrogen-bond acceptors (Lipinski definition) is 4. The molecule has 0 bridgehead atoms. The van der Waals surface area contributed by atoms with Gasteiger partial charge in [-0.1, -0.05) is 36.4 Å². The minimum Gasteiger partial charge on any atom is -0.493 e. The van der Waals surface area contributed by atoms with E-state index in [0.717, 1.165) is 17.5 Å². The number of amides is 1. The van der Waals surface area contributed by atoms with Gasteiger partial charge in [0.25, 0.3) is 0 Å². The number of nitrogens with zero attached hydrogens (tertiary/aromatic N) is 1. The number of rotatable bonds is 8. The molecule has 1 amide bonds. The van der Waals surface area contributed by atoms with Crippen molar-refractivity contribution in [2.75, 3.05) is 27.4 Å². The van der Waals surface area contributed by atoms with Crippen LogP contribution >= 0.6 is 0 Å². The molecule has 1 heterocycles. The van der Waals surface area contributed by atoms with Crippen molar-refractivity contribution in [3.8, 4) is 11.5 Å². The minimum atomic E-state index is -0.145. The van der Waals surface area contributed by atoms with E-state index in [1.165, 1.54) is 0 Å². The first-order valence-electron chi connectivity index (χ1n) is 9.35. The Morgan fingerprint density at radius 1 is 1.04 bits per heavy atom. The molecule has 0 radical (unpaired) electrons. The lowest BCUT2D eigenvalue weighted by Gasteiger charge is -2.30. The summed E-state index contributed by atoms with van der Waals surface area (Å²) >= 11 is 0. The summed E-state index contributed by atoms with van der Waals surface area (Å²) in [5, 5.41) is 0. The molecule has 0 aromatic heterocycles. The van der Waals surface area contributed by atoms with Crippen LogP contribution in [0.5, 0.6) is 11.5 Å². The van der Waals surface area contributed by atoms with E-state index in [4.69, 9.17) is 14.2 Å². The van der Waals surface area contributed by atoms with Crippen molar-refractivity contribution in [2.24, 2.45) is 0 Å². The molecular weight excluding hydrogens is 342 g/mol. The van der Waals surface area contributed by atoms with Crippen molar-refractivity contribution in [3.05, 3.63) is 59.7 Å². The Balaban J connectivity index is 1.96. The second kappa shape index (κ2) is 8.91. The molecule has 27 heavy (non-hydrogen) atoms. The van der Waals surface area contributed by atoms with E-state index in [-0.39, 0.29) is 18.1 Å². The van der Waals surface area contributed by atoms with Crippen LogP contribution in [0.2, 0.25) is 0 Å². The van der Waals surface area contributed by atoms with Gasteiger partial charge in [-0.05, 0) is 30.2 Å². The van der Waals surface area contributed by atoms with Gasteiger partial charge in [-0.2, -0.15) is 0 Å². The molecule has 0 saturated carbocycles. The van der Waals surface area contributed by atoms with E-state index < -0.39 is 0 Å². The van der Waals surface area contributed by atoms with Crippen molar-refractivity contribution in [2.45, 2.75) is 31.9 Å². The van der Waals surface area contributed by atoms with Gasteiger partial charge in [-0.3, -0.25) is 4.79 Å². The Labute approximate surface area is 160 Å². The Hall–Kier alpha value is -2.53. The van der Waals surface area contributed by atoms with Gasteiger partial charge in [-0.15, -0.1) is 0 Å². The standard InChI is InChI=1S/C22H27NO4/c1-4-27-22-13-12-21(24)23(22)15-18(16-8-6-5-7-9-16)17-10-11-19(25-2)20(14-17)26-3/h5-11,14,18,22H,4,12-13,15H2,1-3H3. The zero-order chi connectivity index (χ0) is 19.2. The monoisotopic (exact) mass is 369 g/mol. The fourth-order valence-corrected chi connectivity index (χ4v) is 3.65. The molecule has 1 saturated heterocycles. The molecule has 3 rings (SSSR count). The molecule has 5 nitrogen and oxygen atoms in total. The van der Waals surface area contributed by atoms with Gasteiger partial charge in [0, 0.05) is 31.9 Å². The molecule has 1 aliphatic heterocycles. The van der Waals surface area contributed by atoms with Crippen LogP contribution in [0.15, 0.2) is 48.5 Å². The molecular formula is C22H27NO4. The number of likely N-dealkylation sites (tertiary alicyclic amines) is 1. The molecule has 1 aliphatic rings. The van der Waals surface area contributed by atoms with Gasteiger partial charge in [-0.25, -0.2) is 0 Å². The number of carbonyl (C=O) groups excluding carboxylic acids is 1. The maximum atomic E-state index is 12.5. The van der Waals surface area contributed by atoms with Crippen LogP contribution < -0.4 is 9.47 Å². The smallest absolute Gasteiger partial charge is 0.224 e. The van der Waals surface area contributed by atoms with Crippen molar-refractivity contribution in [1.29, 1.82) is 0 Å². The summed E-state index contributed by atoms with van der Waals surface area (Å²) in [5.74, 6) is 1.55. The molecule has 144 valence electrons. The first-order chi connectivity index (χ1) is 13.2. The van der Waals surface area contributed by atoms with Crippen LogP contribution in [0.25, 0.3) is 0 Å². The normalized spacial score (nSPS) is 17.8. The highest BCUT2D eigenvalue weighted by molar-refractivity contribution is 5.78. The number of benzene rings is 2. The van der Waals surface area contributed by atoms with E-state index in [1.54, 1.807) is 14.2 Å². The predicted molar refractivity (Wildman–Crippen MR) is 104 cm³/mol. The van der Waals surface area contributed by atoms with E-state index >= 15 is 0 Å². The van der Waals surface area contributed by atoms with Crippen molar-refractivity contribution in [3.63, 3.8) is 0 Å². The van der Waals surface area contributed by atoms with Crippen molar-refractivity contribution >= 4 is 5.91 Å². The third-order valence-electron chi connectivity index (χ3n) is 5.02. The molecule has 0 spiro atoms. The van der Waals surface area contributed by atoms with Crippen LogP contribution in [0.4, 0.5) is 0 Å². The van der Waals surface area contributed by atoms with E-state index in [2.05, 4.69) is 12.1 Å². The molecule has 2 atom stereocenters. The van der Waals surface area contributed by atoms with E-state index in [9.17, 15) is 4.79 Å². The number of methoxy groups -OCH3 is 2. The molecule has 2 unspecified atom stereocenters. The lowest BCUT2D eigenvalue weighted by atomic mass is 9.90. The average molecular weight is 369 g/mol. The summed E-state index contributed by atoms with van der Waals surface area (Å²) in [5.41, 5.74) is 2.23.